The molecule has 2 rings (SSSR count). The number of ether oxygens (including phenoxy) is 2. The second kappa shape index (κ2) is 11.8. The van der Waals surface area contributed by atoms with Crippen molar-refractivity contribution in [3.8, 4) is 0 Å². The minimum absolute atomic E-state index is 0. The van der Waals surface area contributed by atoms with Gasteiger partial charge in [-0.15, -0.1) is 12.4 Å². The van der Waals surface area contributed by atoms with Crippen molar-refractivity contribution in [3.05, 3.63) is 29.8 Å². The van der Waals surface area contributed by atoms with Gasteiger partial charge in [0, 0.05) is 26.3 Å². The summed E-state index contributed by atoms with van der Waals surface area (Å²) in [5.74, 6) is -0.434. The standard InChI is InChI=1S/C17H25N3O4.ClH/c18-8-9-19-17(22)14-3-1-2-4-15(14)20-16(21)7-12-24-13-5-10-23-11-6-13;/h1-4,13H,5-12,18H2,(H,19,22)(H,20,21);1H. The molecule has 1 aromatic carbocycles. The van der Waals surface area contributed by atoms with E-state index in [9.17, 15) is 9.59 Å². The van der Waals surface area contributed by atoms with Gasteiger partial charge >= 0.3 is 0 Å². The summed E-state index contributed by atoms with van der Waals surface area (Å²) in [6, 6.07) is 6.89. The van der Waals surface area contributed by atoms with Gasteiger partial charge in [0.1, 0.15) is 0 Å². The Balaban J connectivity index is 0.00000312. The van der Waals surface area contributed by atoms with E-state index >= 15 is 0 Å². The molecule has 1 heterocycles. The molecule has 0 saturated carbocycles. The molecule has 0 aliphatic carbocycles. The van der Waals surface area contributed by atoms with Crippen LogP contribution in [0, 0.1) is 0 Å². The van der Waals surface area contributed by atoms with Crippen molar-refractivity contribution < 1.29 is 19.1 Å². The molecule has 1 aliphatic rings. The molecule has 2 amide bonds. The number of para-hydroxylation sites is 1. The van der Waals surface area contributed by atoms with Crippen molar-refractivity contribution >= 4 is 29.9 Å². The number of amides is 2. The lowest BCUT2D eigenvalue weighted by molar-refractivity contribution is -0.118. The number of hydrogen-bond donors (Lipinski definition) is 3. The lowest BCUT2D eigenvalue weighted by Crippen LogP contribution is -2.30. The van der Waals surface area contributed by atoms with Gasteiger partial charge in [0.2, 0.25) is 5.91 Å². The first-order chi connectivity index (χ1) is 11.7. The van der Waals surface area contributed by atoms with Gasteiger partial charge in [-0.3, -0.25) is 9.59 Å². The zero-order chi connectivity index (χ0) is 17.2. The third-order valence-corrected chi connectivity index (χ3v) is 3.73. The molecule has 140 valence electrons. The highest BCUT2D eigenvalue weighted by Gasteiger charge is 2.15. The lowest BCUT2D eigenvalue weighted by Gasteiger charge is -2.22. The van der Waals surface area contributed by atoms with Crippen molar-refractivity contribution in [1.29, 1.82) is 0 Å². The summed E-state index contributed by atoms with van der Waals surface area (Å²) in [7, 11) is 0. The fraction of sp³-hybridized carbons (Fsp3) is 0.529. The number of nitrogens with one attached hydrogen (secondary N) is 2. The van der Waals surface area contributed by atoms with E-state index in [1.54, 1.807) is 24.3 Å². The third kappa shape index (κ3) is 7.39. The van der Waals surface area contributed by atoms with Crippen LogP contribution in [0.25, 0.3) is 0 Å². The van der Waals surface area contributed by atoms with Crippen molar-refractivity contribution in [2.75, 3.05) is 38.2 Å². The first-order valence-electron chi connectivity index (χ1n) is 8.27. The van der Waals surface area contributed by atoms with E-state index in [0.717, 1.165) is 12.8 Å². The Morgan fingerprint density at radius 1 is 1.24 bits per heavy atom. The number of rotatable bonds is 8. The first kappa shape index (κ1) is 21.4. The number of benzene rings is 1. The SMILES string of the molecule is Cl.NCCNC(=O)c1ccccc1NC(=O)CCOC1CCOCC1. The smallest absolute Gasteiger partial charge is 0.253 e. The van der Waals surface area contributed by atoms with Gasteiger partial charge in [0.25, 0.3) is 5.91 Å². The van der Waals surface area contributed by atoms with E-state index in [0.29, 0.717) is 44.2 Å². The fourth-order valence-electron chi connectivity index (χ4n) is 2.44. The van der Waals surface area contributed by atoms with Gasteiger partial charge < -0.3 is 25.8 Å². The first-order valence-corrected chi connectivity index (χ1v) is 8.27. The minimum atomic E-state index is -0.255. The molecule has 0 bridgehead atoms. The van der Waals surface area contributed by atoms with Gasteiger partial charge in [0.15, 0.2) is 0 Å². The van der Waals surface area contributed by atoms with Crippen LogP contribution in [0.1, 0.15) is 29.6 Å². The highest BCUT2D eigenvalue weighted by Crippen LogP contribution is 2.15. The molecule has 0 radical (unpaired) electrons. The zero-order valence-corrected chi connectivity index (χ0v) is 15.0. The molecule has 4 N–H and O–H groups in total. The summed E-state index contributed by atoms with van der Waals surface area (Å²) in [4.78, 5) is 24.1. The van der Waals surface area contributed by atoms with Crippen LogP contribution < -0.4 is 16.4 Å². The lowest BCUT2D eigenvalue weighted by atomic mass is 10.1. The van der Waals surface area contributed by atoms with E-state index in [2.05, 4.69) is 10.6 Å². The quantitative estimate of drug-likeness (QED) is 0.639. The summed E-state index contributed by atoms with van der Waals surface area (Å²) < 4.78 is 11.0. The number of halogens is 1. The van der Waals surface area contributed by atoms with Crippen LogP contribution in [0.5, 0.6) is 0 Å². The van der Waals surface area contributed by atoms with Crippen LogP contribution in [0.4, 0.5) is 5.69 Å². The molecule has 1 aromatic rings. The topological polar surface area (TPSA) is 103 Å². The Morgan fingerprint density at radius 2 is 1.96 bits per heavy atom. The monoisotopic (exact) mass is 371 g/mol. The maximum Gasteiger partial charge on any atom is 0.253 e. The molecular formula is C17H26ClN3O4. The van der Waals surface area contributed by atoms with Crippen molar-refractivity contribution in [1.82, 2.24) is 5.32 Å². The normalized spacial score (nSPS) is 14.4. The van der Waals surface area contributed by atoms with Crippen LogP contribution in [-0.4, -0.2) is 50.8 Å². The summed E-state index contributed by atoms with van der Waals surface area (Å²) >= 11 is 0. The number of anilines is 1. The van der Waals surface area contributed by atoms with Crippen LogP contribution >= 0.6 is 12.4 Å². The second-order valence-corrected chi connectivity index (χ2v) is 5.57. The number of carbonyl (C=O) groups is 2. The molecule has 0 spiro atoms. The molecule has 1 aliphatic heterocycles. The summed E-state index contributed by atoms with van der Waals surface area (Å²) in [6.45, 7) is 2.53. The number of hydrogen-bond acceptors (Lipinski definition) is 5. The highest BCUT2D eigenvalue weighted by atomic mass is 35.5. The van der Waals surface area contributed by atoms with Crippen LogP contribution in [0.3, 0.4) is 0 Å². The van der Waals surface area contributed by atoms with E-state index in [1.807, 2.05) is 0 Å². The zero-order valence-electron chi connectivity index (χ0n) is 14.2. The molecule has 8 heteroatoms. The highest BCUT2D eigenvalue weighted by molar-refractivity contribution is 6.03. The Labute approximate surface area is 154 Å². The number of carbonyl (C=O) groups excluding carboxylic acids is 2. The van der Waals surface area contributed by atoms with Crippen molar-refractivity contribution in [3.63, 3.8) is 0 Å². The van der Waals surface area contributed by atoms with E-state index in [1.165, 1.54) is 0 Å². The maximum atomic E-state index is 12.1. The molecule has 1 saturated heterocycles. The van der Waals surface area contributed by atoms with Crippen LogP contribution in [0.15, 0.2) is 24.3 Å². The van der Waals surface area contributed by atoms with Crippen LogP contribution in [0.2, 0.25) is 0 Å². The van der Waals surface area contributed by atoms with Gasteiger partial charge in [-0.05, 0) is 25.0 Å². The van der Waals surface area contributed by atoms with Gasteiger partial charge in [0.05, 0.1) is 30.4 Å². The van der Waals surface area contributed by atoms with Gasteiger partial charge in [-0.2, -0.15) is 0 Å². The number of nitrogens with two attached hydrogens (primary N) is 1. The van der Waals surface area contributed by atoms with Crippen LogP contribution in [-0.2, 0) is 14.3 Å². The second-order valence-electron chi connectivity index (χ2n) is 5.57. The van der Waals surface area contributed by atoms with Crippen molar-refractivity contribution in [2.24, 2.45) is 5.73 Å². The minimum Gasteiger partial charge on any atom is -0.381 e. The largest absolute Gasteiger partial charge is 0.381 e. The molecular weight excluding hydrogens is 346 g/mol. The average molecular weight is 372 g/mol. The fourth-order valence-corrected chi connectivity index (χ4v) is 2.44. The summed E-state index contributed by atoms with van der Waals surface area (Å²) in [5.41, 5.74) is 6.29. The average Bonchev–Trinajstić information content (AvgIpc) is 2.61. The Hall–Kier alpha value is -1.67. The molecule has 7 nitrogen and oxygen atoms in total. The molecule has 0 atom stereocenters. The summed E-state index contributed by atoms with van der Waals surface area (Å²) in [6.07, 6.45) is 2.15. The Morgan fingerprint density at radius 3 is 2.68 bits per heavy atom. The van der Waals surface area contributed by atoms with E-state index in [-0.39, 0.29) is 36.7 Å². The molecule has 0 aromatic heterocycles. The Bertz CT molecular complexity index is 550. The predicted molar refractivity (Wildman–Crippen MR) is 98.1 cm³/mol. The Kier molecular flexibility index (Phi) is 10.1. The molecule has 0 unspecified atom stereocenters. The maximum absolute atomic E-state index is 12.1. The molecule has 1 fully saturated rings. The summed E-state index contributed by atoms with van der Waals surface area (Å²) in [5, 5.41) is 5.47. The third-order valence-electron chi connectivity index (χ3n) is 3.73. The molecule has 25 heavy (non-hydrogen) atoms. The van der Waals surface area contributed by atoms with Gasteiger partial charge in [-0.25, -0.2) is 0 Å². The predicted octanol–water partition coefficient (Wildman–Crippen LogP) is 1.32. The van der Waals surface area contributed by atoms with Crippen molar-refractivity contribution in [2.45, 2.75) is 25.4 Å². The van der Waals surface area contributed by atoms with E-state index in [4.69, 9.17) is 15.2 Å². The van der Waals surface area contributed by atoms with Gasteiger partial charge in [-0.1, -0.05) is 12.1 Å². The van der Waals surface area contributed by atoms with E-state index < -0.39 is 0 Å².